The molecule has 1 aliphatic rings. The lowest BCUT2D eigenvalue weighted by atomic mass is 9.85. The molecule has 0 N–H and O–H groups in total. The van der Waals surface area contributed by atoms with Crippen LogP contribution in [0.15, 0.2) is 91.0 Å². The van der Waals surface area contributed by atoms with E-state index in [0.29, 0.717) is 10.6 Å². The Kier molecular flexibility index (Phi) is 4.71. The summed E-state index contributed by atoms with van der Waals surface area (Å²) in [4.78, 5) is 15.4. The van der Waals surface area contributed by atoms with Gasteiger partial charge in [0.05, 0.1) is 5.69 Å². The van der Waals surface area contributed by atoms with Gasteiger partial charge >= 0.3 is 0 Å². The Labute approximate surface area is 186 Å². The van der Waals surface area contributed by atoms with Gasteiger partial charge in [-0.05, 0) is 58.8 Å². The van der Waals surface area contributed by atoms with E-state index in [2.05, 4.69) is 32.0 Å². The lowest BCUT2D eigenvalue weighted by Crippen LogP contribution is -2.48. The molecular formula is C27H22ClNO2. The molecule has 5 rings (SSSR count). The standard InChI is InChI=1S/C27H22ClNO2/c1-27(2)23-9-5-6-10-24(23)29(25(30)19-11-14-21(28)15-12-19)26(27)31-22-16-13-18-7-3-4-8-20(18)17-22/h3-17,26H,1-2H3/t26-/m1/s1. The minimum absolute atomic E-state index is 0.111. The van der Waals surface area contributed by atoms with E-state index in [1.807, 2.05) is 48.5 Å². The minimum Gasteiger partial charge on any atom is -0.469 e. The van der Waals surface area contributed by atoms with Gasteiger partial charge in [-0.2, -0.15) is 0 Å². The van der Waals surface area contributed by atoms with Gasteiger partial charge in [-0.1, -0.05) is 74.0 Å². The zero-order valence-corrected chi connectivity index (χ0v) is 18.1. The molecule has 4 aromatic rings. The summed E-state index contributed by atoms with van der Waals surface area (Å²) < 4.78 is 6.54. The average Bonchev–Trinajstić information content (AvgIpc) is 3.00. The van der Waals surface area contributed by atoms with Crippen LogP contribution in [0.25, 0.3) is 10.8 Å². The Morgan fingerprint density at radius 2 is 1.55 bits per heavy atom. The molecule has 0 aromatic heterocycles. The zero-order valence-electron chi connectivity index (χ0n) is 17.4. The van der Waals surface area contributed by atoms with Crippen molar-refractivity contribution in [2.75, 3.05) is 4.90 Å². The third kappa shape index (κ3) is 3.35. The molecule has 31 heavy (non-hydrogen) atoms. The molecule has 3 nitrogen and oxygen atoms in total. The van der Waals surface area contributed by atoms with Crippen LogP contribution in [-0.2, 0) is 5.41 Å². The minimum atomic E-state index is -0.491. The van der Waals surface area contributed by atoms with Crippen LogP contribution in [0.5, 0.6) is 5.75 Å². The molecule has 4 heteroatoms. The zero-order chi connectivity index (χ0) is 21.6. The fourth-order valence-corrected chi connectivity index (χ4v) is 4.45. The lowest BCUT2D eigenvalue weighted by Gasteiger charge is -2.33. The number of amides is 1. The molecule has 4 aromatic carbocycles. The molecule has 0 spiro atoms. The number of carbonyl (C=O) groups is 1. The maximum Gasteiger partial charge on any atom is 0.261 e. The number of hydrogen-bond donors (Lipinski definition) is 0. The van der Waals surface area contributed by atoms with Gasteiger partial charge in [0.1, 0.15) is 5.75 Å². The van der Waals surface area contributed by atoms with Crippen LogP contribution < -0.4 is 9.64 Å². The Bertz CT molecular complexity index is 1280. The molecular weight excluding hydrogens is 406 g/mol. The van der Waals surface area contributed by atoms with Gasteiger partial charge < -0.3 is 4.74 Å². The van der Waals surface area contributed by atoms with Gasteiger partial charge in [0, 0.05) is 16.0 Å². The highest BCUT2D eigenvalue weighted by molar-refractivity contribution is 6.30. The van der Waals surface area contributed by atoms with Crippen LogP contribution in [-0.4, -0.2) is 12.1 Å². The molecule has 0 radical (unpaired) electrons. The summed E-state index contributed by atoms with van der Waals surface area (Å²) in [5, 5.41) is 2.85. The van der Waals surface area contributed by atoms with Crippen molar-refractivity contribution in [3.05, 3.63) is 107 Å². The van der Waals surface area contributed by atoms with Crippen LogP contribution in [0.4, 0.5) is 5.69 Å². The Hall–Kier alpha value is -3.30. The molecule has 1 atom stereocenters. The first-order valence-electron chi connectivity index (χ1n) is 10.3. The molecule has 0 bridgehead atoms. The summed E-state index contributed by atoms with van der Waals surface area (Å²) in [6.07, 6.45) is -0.491. The first kappa shape index (κ1) is 19.7. The molecule has 0 unspecified atom stereocenters. The van der Waals surface area contributed by atoms with Gasteiger partial charge in [-0.15, -0.1) is 0 Å². The molecule has 1 heterocycles. The highest BCUT2D eigenvalue weighted by Crippen LogP contribution is 2.46. The summed E-state index contributed by atoms with van der Waals surface area (Å²) in [5.41, 5.74) is 2.13. The number of para-hydroxylation sites is 1. The van der Waals surface area contributed by atoms with Gasteiger partial charge in [-0.25, -0.2) is 0 Å². The molecule has 0 aliphatic carbocycles. The monoisotopic (exact) mass is 427 g/mol. The molecule has 0 fully saturated rings. The largest absolute Gasteiger partial charge is 0.469 e. The second-order valence-corrected chi connectivity index (χ2v) is 8.84. The number of hydrogen-bond acceptors (Lipinski definition) is 2. The number of ether oxygens (including phenoxy) is 1. The summed E-state index contributed by atoms with van der Waals surface area (Å²) in [7, 11) is 0. The number of nitrogens with zero attached hydrogens (tertiary/aromatic N) is 1. The van der Waals surface area contributed by atoms with E-state index in [9.17, 15) is 4.79 Å². The number of halogens is 1. The number of carbonyl (C=O) groups excluding carboxylic acids is 1. The maximum absolute atomic E-state index is 13.6. The summed E-state index contributed by atoms with van der Waals surface area (Å²) in [5.74, 6) is 0.624. The maximum atomic E-state index is 13.6. The smallest absolute Gasteiger partial charge is 0.261 e. The van der Waals surface area contributed by atoms with Crippen molar-refractivity contribution in [3.63, 3.8) is 0 Å². The van der Waals surface area contributed by atoms with E-state index in [1.165, 1.54) is 0 Å². The topological polar surface area (TPSA) is 29.5 Å². The second kappa shape index (κ2) is 7.44. The highest BCUT2D eigenvalue weighted by atomic mass is 35.5. The fraction of sp³-hybridized carbons (Fsp3) is 0.148. The molecule has 0 saturated heterocycles. The van der Waals surface area contributed by atoms with Crippen LogP contribution >= 0.6 is 11.6 Å². The van der Waals surface area contributed by atoms with Crippen molar-refractivity contribution in [1.29, 1.82) is 0 Å². The lowest BCUT2D eigenvalue weighted by molar-refractivity contribution is 0.0848. The first-order chi connectivity index (χ1) is 14.9. The van der Waals surface area contributed by atoms with E-state index in [-0.39, 0.29) is 5.91 Å². The van der Waals surface area contributed by atoms with Crippen molar-refractivity contribution >= 4 is 34.0 Å². The fourth-order valence-electron chi connectivity index (χ4n) is 4.33. The second-order valence-electron chi connectivity index (χ2n) is 8.40. The van der Waals surface area contributed by atoms with E-state index in [4.69, 9.17) is 16.3 Å². The Morgan fingerprint density at radius 1 is 0.871 bits per heavy atom. The number of benzene rings is 4. The third-order valence-corrected chi connectivity index (χ3v) is 6.24. The van der Waals surface area contributed by atoms with Crippen LogP contribution in [0.1, 0.15) is 29.8 Å². The number of fused-ring (bicyclic) bond motifs is 2. The van der Waals surface area contributed by atoms with Crippen LogP contribution in [0.3, 0.4) is 0 Å². The number of anilines is 1. The predicted octanol–water partition coefficient (Wildman–Crippen LogP) is 6.84. The normalized spacial score (nSPS) is 16.9. The van der Waals surface area contributed by atoms with Crippen molar-refractivity contribution in [3.8, 4) is 5.75 Å². The summed E-state index contributed by atoms with van der Waals surface area (Å²) in [6.45, 7) is 4.24. The van der Waals surface area contributed by atoms with Gasteiger partial charge in [-0.3, -0.25) is 9.69 Å². The molecule has 0 saturated carbocycles. The average molecular weight is 428 g/mol. The van der Waals surface area contributed by atoms with E-state index >= 15 is 0 Å². The predicted molar refractivity (Wildman–Crippen MR) is 126 cm³/mol. The molecule has 1 aliphatic heterocycles. The van der Waals surface area contributed by atoms with Crippen LogP contribution in [0, 0.1) is 0 Å². The molecule has 154 valence electrons. The van der Waals surface area contributed by atoms with Crippen molar-refractivity contribution in [2.24, 2.45) is 0 Å². The Balaban J connectivity index is 1.58. The highest BCUT2D eigenvalue weighted by Gasteiger charge is 2.49. The van der Waals surface area contributed by atoms with Crippen molar-refractivity contribution in [1.82, 2.24) is 0 Å². The Morgan fingerprint density at radius 3 is 2.32 bits per heavy atom. The van der Waals surface area contributed by atoms with Gasteiger partial charge in [0.15, 0.2) is 6.23 Å². The van der Waals surface area contributed by atoms with E-state index < -0.39 is 11.6 Å². The van der Waals surface area contributed by atoms with Crippen molar-refractivity contribution < 1.29 is 9.53 Å². The van der Waals surface area contributed by atoms with Gasteiger partial charge in [0.2, 0.25) is 0 Å². The van der Waals surface area contributed by atoms with Crippen molar-refractivity contribution in [2.45, 2.75) is 25.5 Å². The number of rotatable bonds is 3. The first-order valence-corrected chi connectivity index (χ1v) is 10.7. The summed E-state index contributed by atoms with van der Waals surface area (Å²) >= 11 is 6.04. The SMILES string of the molecule is CC1(C)c2ccccc2N(C(=O)c2ccc(Cl)cc2)[C@@H]1Oc1ccc2ccccc2c1. The van der Waals surface area contributed by atoms with Crippen LogP contribution in [0.2, 0.25) is 5.02 Å². The summed E-state index contributed by atoms with van der Waals surface area (Å²) in [6, 6.07) is 29.2. The van der Waals surface area contributed by atoms with E-state index in [0.717, 1.165) is 27.8 Å². The van der Waals surface area contributed by atoms with E-state index in [1.54, 1.807) is 29.2 Å². The van der Waals surface area contributed by atoms with Gasteiger partial charge in [0.25, 0.3) is 5.91 Å². The quantitative estimate of drug-likeness (QED) is 0.358. The molecule has 1 amide bonds. The third-order valence-electron chi connectivity index (χ3n) is 5.99.